The lowest BCUT2D eigenvalue weighted by atomic mass is 10.0. The molecule has 0 aliphatic carbocycles. The topological polar surface area (TPSA) is 133 Å². The third-order valence-corrected chi connectivity index (χ3v) is 6.74. The molecule has 0 saturated heterocycles. The average Bonchev–Trinajstić information content (AvgIpc) is 2.96. The standard InChI is InChI=1S/C32H27FN4O4/c1-18(2)37-16-26(20-3-8-23(33)9-4-20)30(40)27(17-37)32(41)36-24-10-5-19(6-11-24)25-13-22(15-35-31(25)34)21-7-12-28(38)29(39)14-21/h3-18,38-39H,1-2H3,(H2,34,35)(H,36,41)/p+1. The summed E-state index contributed by atoms with van der Waals surface area (Å²) in [6.07, 6.45) is 4.79. The quantitative estimate of drug-likeness (QED) is 0.225. The van der Waals surface area contributed by atoms with Gasteiger partial charge in [-0.05, 0) is 73.0 Å². The first-order valence-corrected chi connectivity index (χ1v) is 12.8. The zero-order valence-electron chi connectivity index (χ0n) is 22.4. The number of pyridine rings is 2. The lowest BCUT2D eigenvalue weighted by Crippen LogP contribution is -2.25. The molecule has 0 saturated carbocycles. The van der Waals surface area contributed by atoms with Gasteiger partial charge < -0.3 is 25.8 Å². The van der Waals surface area contributed by atoms with Gasteiger partial charge in [-0.2, -0.15) is 0 Å². The fourth-order valence-corrected chi connectivity index (χ4v) is 4.40. The number of anilines is 2. The van der Waals surface area contributed by atoms with Gasteiger partial charge in [-0.3, -0.25) is 9.59 Å². The fraction of sp³-hybridized carbons (Fsp3) is 0.0938. The van der Waals surface area contributed by atoms with E-state index in [9.17, 15) is 19.1 Å². The van der Waals surface area contributed by atoms with Crippen molar-refractivity contribution in [3.8, 4) is 44.9 Å². The Labute approximate surface area is 235 Å². The molecule has 0 aliphatic heterocycles. The molecule has 41 heavy (non-hydrogen) atoms. The maximum absolute atomic E-state index is 13.5. The van der Waals surface area contributed by atoms with Crippen LogP contribution in [0.3, 0.4) is 0 Å². The van der Waals surface area contributed by atoms with Crippen molar-refractivity contribution >= 4 is 17.4 Å². The predicted molar refractivity (Wildman–Crippen MR) is 159 cm³/mol. The molecule has 5 aromatic rings. The number of carbonyl (C=O) groups excluding carboxylic acids is 1. The SMILES string of the molecule is CC(C)n1cc(C(=O)Nc2ccc(-c3cc(-c4ccc(O)c([OH2+])c4)cnc3N)cc2)c(=O)c(-c2ccc(F)cc2)c1. The van der Waals surface area contributed by atoms with Crippen molar-refractivity contribution in [2.45, 2.75) is 19.9 Å². The molecule has 206 valence electrons. The van der Waals surface area contributed by atoms with Crippen LogP contribution in [0.25, 0.3) is 33.4 Å². The number of aromatic hydroxyl groups is 1. The second-order valence-electron chi connectivity index (χ2n) is 9.88. The molecule has 3 aromatic carbocycles. The van der Waals surface area contributed by atoms with Gasteiger partial charge >= 0.3 is 0 Å². The highest BCUT2D eigenvalue weighted by molar-refractivity contribution is 6.04. The van der Waals surface area contributed by atoms with Crippen LogP contribution >= 0.6 is 0 Å². The molecule has 0 fully saturated rings. The molecule has 2 heterocycles. The lowest BCUT2D eigenvalue weighted by Gasteiger charge is -2.15. The van der Waals surface area contributed by atoms with E-state index in [0.29, 0.717) is 33.8 Å². The van der Waals surface area contributed by atoms with Crippen molar-refractivity contribution in [3.05, 3.63) is 113 Å². The smallest absolute Gasteiger partial charge is 0.297 e. The van der Waals surface area contributed by atoms with Crippen LogP contribution < -0.4 is 16.5 Å². The van der Waals surface area contributed by atoms with Crippen molar-refractivity contribution < 1.29 is 19.4 Å². The van der Waals surface area contributed by atoms with Gasteiger partial charge in [0.2, 0.25) is 11.2 Å². The maximum Gasteiger partial charge on any atom is 0.297 e. The van der Waals surface area contributed by atoms with Gasteiger partial charge in [0, 0.05) is 53.1 Å². The lowest BCUT2D eigenvalue weighted by molar-refractivity contribution is 0.102. The number of amides is 1. The van der Waals surface area contributed by atoms with Crippen LogP contribution in [0, 0.1) is 5.82 Å². The number of phenols is 1. The molecule has 0 unspecified atom stereocenters. The average molecular weight is 552 g/mol. The van der Waals surface area contributed by atoms with E-state index in [1.54, 1.807) is 53.4 Å². The molecule has 0 spiro atoms. The summed E-state index contributed by atoms with van der Waals surface area (Å²) in [4.78, 5) is 30.9. The van der Waals surface area contributed by atoms with Crippen molar-refractivity contribution in [3.63, 3.8) is 0 Å². The van der Waals surface area contributed by atoms with Crippen molar-refractivity contribution in [1.29, 1.82) is 0 Å². The first kappa shape index (κ1) is 27.1. The highest BCUT2D eigenvalue weighted by Crippen LogP contribution is 2.34. The normalized spacial score (nSPS) is 11.0. The van der Waals surface area contributed by atoms with E-state index in [4.69, 9.17) is 10.8 Å². The summed E-state index contributed by atoms with van der Waals surface area (Å²) in [5, 5.41) is 20.3. The van der Waals surface area contributed by atoms with Gasteiger partial charge in [-0.15, -0.1) is 0 Å². The summed E-state index contributed by atoms with van der Waals surface area (Å²) < 4.78 is 15.2. The number of nitrogen functional groups attached to an aromatic ring is 1. The fourth-order valence-electron chi connectivity index (χ4n) is 4.40. The number of aromatic nitrogens is 2. The zero-order valence-corrected chi connectivity index (χ0v) is 22.4. The minimum absolute atomic E-state index is 0.00400. The van der Waals surface area contributed by atoms with Crippen LogP contribution in [0.1, 0.15) is 30.2 Å². The van der Waals surface area contributed by atoms with E-state index >= 15 is 0 Å². The third kappa shape index (κ3) is 5.65. The van der Waals surface area contributed by atoms with Gasteiger partial charge in [0.25, 0.3) is 11.7 Å². The Hall–Kier alpha value is -5.44. The minimum Gasteiger partial charge on any atom is -0.591 e. The number of nitrogens with two attached hydrogens (primary N) is 1. The van der Waals surface area contributed by atoms with Gasteiger partial charge in [0.1, 0.15) is 17.2 Å². The number of phenolic OH excluding ortho intramolecular Hbond substituents is 1. The van der Waals surface area contributed by atoms with Crippen LogP contribution in [-0.4, -0.2) is 25.7 Å². The summed E-state index contributed by atoms with van der Waals surface area (Å²) in [5.74, 6) is -0.781. The maximum atomic E-state index is 13.5. The van der Waals surface area contributed by atoms with E-state index in [0.717, 1.165) is 11.1 Å². The van der Waals surface area contributed by atoms with Crippen LogP contribution in [0.15, 0.2) is 96.2 Å². The van der Waals surface area contributed by atoms with Gasteiger partial charge in [-0.25, -0.2) is 9.37 Å². The summed E-state index contributed by atoms with van der Waals surface area (Å²) in [5.41, 5.74) is 9.80. The summed E-state index contributed by atoms with van der Waals surface area (Å²) in [6.45, 7) is 3.87. The number of nitrogens with one attached hydrogen (secondary N) is 1. The highest BCUT2D eigenvalue weighted by Gasteiger charge is 2.18. The van der Waals surface area contributed by atoms with Crippen molar-refractivity contribution in [2.24, 2.45) is 0 Å². The summed E-state index contributed by atoms with van der Waals surface area (Å²) in [7, 11) is 0. The van der Waals surface area contributed by atoms with Crippen molar-refractivity contribution in [2.75, 3.05) is 11.1 Å². The Bertz CT molecular complexity index is 1810. The van der Waals surface area contributed by atoms with Crippen LogP contribution in [0.2, 0.25) is 0 Å². The van der Waals surface area contributed by atoms with Crippen LogP contribution in [0.5, 0.6) is 11.5 Å². The molecule has 0 atom stereocenters. The first-order chi connectivity index (χ1) is 19.6. The van der Waals surface area contributed by atoms with E-state index < -0.39 is 17.2 Å². The minimum atomic E-state index is -0.567. The van der Waals surface area contributed by atoms with Gasteiger partial charge in [0.15, 0.2) is 0 Å². The number of nitrogens with zero attached hydrogens (tertiary/aromatic N) is 2. The Morgan fingerprint density at radius 1 is 0.927 bits per heavy atom. The number of carbonyl (C=O) groups is 1. The molecule has 1 amide bonds. The molecular formula is C32H28FN4O4+. The predicted octanol–water partition coefficient (Wildman–Crippen LogP) is 5.94. The third-order valence-electron chi connectivity index (χ3n) is 6.74. The molecule has 5 rings (SSSR count). The van der Waals surface area contributed by atoms with Gasteiger partial charge in [-0.1, -0.05) is 24.3 Å². The Morgan fingerprint density at radius 2 is 1.56 bits per heavy atom. The molecule has 0 bridgehead atoms. The monoisotopic (exact) mass is 551 g/mol. The molecule has 2 aromatic heterocycles. The number of rotatable bonds is 6. The second-order valence-corrected chi connectivity index (χ2v) is 9.88. The van der Waals surface area contributed by atoms with Crippen LogP contribution in [-0.2, 0) is 0 Å². The van der Waals surface area contributed by atoms with Gasteiger partial charge in [0.05, 0.1) is 0 Å². The first-order valence-electron chi connectivity index (χ1n) is 12.8. The summed E-state index contributed by atoms with van der Waals surface area (Å²) >= 11 is 0. The number of benzene rings is 3. The van der Waals surface area contributed by atoms with E-state index in [1.807, 2.05) is 19.9 Å². The Morgan fingerprint density at radius 3 is 2.22 bits per heavy atom. The molecular weight excluding hydrogens is 523 g/mol. The highest BCUT2D eigenvalue weighted by atomic mass is 19.1. The number of halogens is 1. The van der Waals surface area contributed by atoms with Crippen molar-refractivity contribution in [1.82, 2.24) is 9.55 Å². The molecule has 0 aliphatic rings. The van der Waals surface area contributed by atoms with Crippen LogP contribution in [0.4, 0.5) is 15.9 Å². The Balaban J connectivity index is 1.43. The number of hydrogen-bond acceptors (Lipinski definition) is 5. The Kier molecular flexibility index (Phi) is 7.26. The number of hydrogen-bond donors (Lipinski definition) is 3. The molecule has 9 heteroatoms. The molecule has 6 N–H and O–H groups in total. The van der Waals surface area contributed by atoms with E-state index in [-0.39, 0.29) is 23.1 Å². The summed E-state index contributed by atoms with van der Waals surface area (Å²) in [6, 6.07) is 19.1. The molecule has 8 nitrogen and oxygen atoms in total. The molecule has 0 radical (unpaired) electrons. The van der Waals surface area contributed by atoms with E-state index in [1.165, 1.54) is 36.5 Å². The zero-order chi connectivity index (χ0) is 29.3. The van der Waals surface area contributed by atoms with E-state index in [2.05, 4.69) is 10.3 Å². The second kappa shape index (κ2) is 11.0. The largest absolute Gasteiger partial charge is 0.591 e.